The van der Waals surface area contributed by atoms with Crippen molar-refractivity contribution in [3.8, 4) is 0 Å². The van der Waals surface area contributed by atoms with Gasteiger partial charge in [-0.05, 0) is 25.3 Å². The maximum absolute atomic E-state index is 5.65. The highest BCUT2D eigenvalue weighted by Crippen LogP contribution is 2.17. The highest BCUT2D eigenvalue weighted by molar-refractivity contribution is 4.96. The van der Waals surface area contributed by atoms with Crippen molar-refractivity contribution >= 4 is 0 Å². The van der Waals surface area contributed by atoms with Crippen LogP contribution >= 0.6 is 0 Å². The molecule has 0 amide bonds. The van der Waals surface area contributed by atoms with Gasteiger partial charge in [0.2, 0.25) is 0 Å². The van der Waals surface area contributed by atoms with E-state index in [4.69, 9.17) is 28.4 Å². The first kappa shape index (κ1) is 21.0. The van der Waals surface area contributed by atoms with E-state index >= 15 is 0 Å². The molecule has 0 N–H and O–H groups in total. The summed E-state index contributed by atoms with van der Waals surface area (Å²) in [6.07, 6.45) is 8.31. The first-order chi connectivity index (χ1) is 11.9. The molecular formula is C18H32O6. The number of allylic oxidation sites excluding steroid dienone is 2. The van der Waals surface area contributed by atoms with Crippen LogP contribution in [-0.4, -0.2) is 66.1 Å². The molecule has 0 saturated heterocycles. The minimum Gasteiger partial charge on any atom is -0.499 e. The van der Waals surface area contributed by atoms with Crippen molar-refractivity contribution in [1.29, 1.82) is 0 Å². The fourth-order valence-corrected chi connectivity index (χ4v) is 2.12. The number of hydrogen-bond acceptors (Lipinski definition) is 6. The Hall–Kier alpha value is -1.08. The van der Waals surface area contributed by atoms with Gasteiger partial charge in [0.25, 0.3) is 0 Å². The predicted molar refractivity (Wildman–Crippen MR) is 91.9 cm³/mol. The Kier molecular flexibility index (Phi) is 14.6. The minimum atomic E-state index is 0.523. The average molecular weight is 344 g/mol. The van der Waals surface area contributed by atoms with E-state index in [0.29, 0.717) is 66.1 Å². The molecule has 0 atom stereocenters. The summed E-state index contributed by atoms with van der Waals surface area (Å²) in [7, 11) is 0. The summed E-state index contributed by atoms with van der Waals surface area (Å²) in [5.74, 6) is 1.12. The summed E-state index contributed by atoms with van der Waals surface area (Å²) >= 11 is 0. The van der Waals surface area contributed by atoms with Crippen molar-refractivity contribution in [2.75, 3.05) is 66.1 Å². The van der Waals surface area contributed by atoms with Crippen LogP contribution in [-0.2, 0) is 28.4 Å². The third kappa shape index (κ3) is 13.4. The Balaban J connectivity index is 1.69. The third-order valence-electron chi connectivity index (χ3n) is 3.34. The molecule has 1 aliphatic rings. The molecule has 0 aromatic heterocycles. The van der Waals surface area contributed by atoms with Gasteiger partial charge in [-0.15, -0.1) is 0 Å². The SMILES string of the molecule is C=COCCOCCOCCOCCOCCOC1=CCCCC1. The zero-order chi connectivity index (χ0) is 17.1. The standard InChI is InChI=1S/C18H32O6/c1-2-19-8-9-20-10-11-21-12-13-22-14-15-23-16-17-24-18-6-4-3-5-7-18/h2,6H,1,3-5,7-17H2. The molecule has 1 aliphatic carbocycles. The highest BCUT2D eigenvalue weighted by atomic mass is 16.6. The number of rotatable bonds is 17. The van der Waals surface area contributed by atoms with E-state index in [1.54, 1.807) is 0 Å². The average Bonchev–Trinajstić information content (AvgIpc) is 2.62. The normalized spacial score (nSPS) is 14.2. The number of ether oxygens (including phenoxy) is 6. The molecule has 0 aliphatic heterocycles. The molecule has 24 heavy (non-hydrogen) atoms. The molecule has 1 rings (SSSR count). The van der Waals surface area contributed by atoms with Crippen molar-refractivity contribution in [1.82, 2.24) is 0 Å². The van der Waals surface area contributed by atoms with Crippen LogP contribution < -0.4 is 0 Å². The van der Waals surface area contributed by atoms with Crippen LogP contribution in [0.3, 0.4) is 0 Å². The van der Waals surface area contributed by atoms with Crippen LogP contribution in [0.1, 0.15) is 25.7 Å². The Labute approximate surface area is 145 Å². The number of hydrogen-bond donors (Lipinski definition) is 0. The van der Waals surface area contributed by atoms with Gasteiger partial charge in [0.15, 0.2) is 0 Å². The smallest absolute Gasteiger partial charge is 0.111 e. The summed E-state index contributed by atoms with van der Waals surface area (Å²) in [6.45, 7) is 9.12. The topological polar surface area (TPSA) is 55.4 Å². The van der Waals surface area contributed by atoms with Gasteiger partial charge in [-0.2, -0.15) is 0 Å². The molecule has 0 bridgehead atoms. The summed E-state index contributed by atoms with van der Waals surface area (Å²) in [6, 6.07) is 0. The lowest BCUT2D eigenvalue weighted by atomic mass is 10.1. The molecule has 0 saturated carbocycles. The molecule has 0 spiro atoms. The first-order valence-electron chi connectivity index (χ1n) is 8.79. The van der Waals surface area contributed by atoms with E-state index < -0.39 is 0 Å². The lowest BCUT2D eigenvalue weighted by Gasteiger charge is -2.14. The largest absolute Gasteiger partial charge is 0.499 e. The Morgan fingerprint density at radius 1 is 0.750 bits per heavy atom. The minimum absolute atomic E-state index is 0.523. The molecule has 0 fully saturated rings. The first-order valence-corrected chi connectivity index (χ1v) is 8.79. The lowest BCUT2D eigenvalue weighted by molar-refractivity contribution is -0.0107. The molecule has 0 unspecified atom stereocenters. The fourth-order valence-electron chi connectivity index (χ4n) is 2.12. The fraction of sp³-hybridized carbons (Fsp3) is 0.778. The van der Waals surface area contributed by atoms with E-state index in [1.165, 1.54) is 19.1 Å². The molecule has 6 heteroatoms. The van der Waals surface area contributed by atoms with E-state index in [9.17, 15) is 0 Å². The molecule has 140 valence electrons. The quantitative estimate of drug-likeness (QED) is 0.299. The molecule has 0 heterocycles. The van der Waals surface area contributed by atoms with Gasteiger partial charge in [-0.1, -0.05) is 6.58 Å². The van der Waals surface area contributed by atoms with E-state index in [-0.39, 0.29) is 0 Å². The summed E-state index contributed by atoms with van der Waals surface area (Å²) in [4.78, 5) is 0. The third-order valence-corrected chi connectivity index (χ3v) is 3.34. The van der Waals surface area contributed by atoms with Gasteiger partial charge in [0.05, 0.1) is 64.9 Å². The van der Waals surface area contributed by atoms with Crippen molar-refractivity contribution in [3.05, 3.63) is 24.7 Å². The predicted octanol–water partition coefficient (Wildman–Crippen LogP) is 2.69. The summed E-state index contributed by atoms with van der Waals surface area (Å²) in [5.41, 5.74) is 0. The van der Waals surface area contributed by atoms with E-state index in [0.717, 1.165) is 18.6 Å². The van der Waals surface area contributed by atoms with Crippen LogP contribution in [0, 0.1) is 0 Å². The lowest BCUT2D eigenvalue weighted by Crippen LogP contribution is -2.13. The zero-order valence-electron chi connectivity index (χ0n) is 14.7. The monoisotopic (exact) mass is 344 g/mol. The molecule has 6 nitrogen and oxygen atoms in total. The second kappa shape index (κ2) is 16.8. The van der Waals surface area contributed by atoms with Crippen LogP contribution in [0.4, 0.5) is 0 Å². The van der Waals surface area contributed by atoms with Crippen molar-refractivity contribution < 1.29 is 28.4 Å². The van der Waals surface area contributed by atoms with E-state index in [1.807, 2.05) is 0 Å². The van der Waals surface area contributed by atoms with Gasteiger partial charge in [-0.3, -0.25) is 0 Å². The van der Waals surface area contributed by atoms with Crippen LogP contribution in [0.2, 0.25) is 0 Å². The van der Waals surface area contributed by atoms with Crippen molar-refractivity contribution in [2.45, 2.75) is 25.7 Å². The Morgan fingerprint density at radius 2 is 1.29 bits per heavy atom. The maximum atomic E-state index is 5.65. The maximum Gasteiger partial charge on any atom is 0.111 e. The molecule has 0 aromatic rings. The molecular weight excluding hydrogens is 312 g/mol. The van der Waals surface area contributed by atoms with Gasteiger partial charge < -0.3 is 28.4 Å². The Morgan fingerprint density at radius 3 is 1.79 bits per heavy atom. The van der Waals surface area contributed by atoms with Crippen LogP contribution in [0.15, 0.2) is 24.7 Å². The molecule has 0 radical (unpaired) electrons. The summed E-state index contributed by atoms with van der Waals surface area (Å²) < 4.78 is 32.1. The molecule has 0 aromatic carbocycles. The summed E-state index contributed by atoms with van der Waals surface area (Å²) in [5, 5.41) is 0. The van der Waals surface area contributed by atoms with Crippen molar-refractivity contribution in [2.24, 2.45) is 0 Å². The second-order valence-electron chi connectivity index (χ2n) is 5.25. The van der Waals surface area contributed by atoms with Gasteiger partial charge in [-0.25, -0.2) is 0 Å². The van der Waals surface area contributed by atoms with Gasteiger partial charge in [0, 0.05) is 6.42 Å². The van der Waals surface area contributed by atoms with Crippen molar-refractivity contribution in [3.63, 3.8) is 0 Å². The second-order valence-corrected chi connectivity index (χ2v) is 5.25. The van der Waals surface area contributed by atoms with Gasteiger partial charge >= 0.3 is 0 Å². The Bertz CT molecular complexity index is 319. The van der Waals surface area contributed by atoms with Gasteiger partial charge in [0.1, 0.15) is 13.2 Å². The zero-order valence-corrected chi connectivity index (χ0v) is 14.7. The van der Waals surface area contributed by atoms with E-state index in [2.05, 4.69) is 12.7 Å². The van der Waals surface area contributed by atoms with Crippen LogP contribution in [0.25, 0.3) is 0 Å². The highest BCUT2D eigenvalue weighted by Gasteiger charge is 2.03. The van der Waals surface area contributed by atoms with Crippen LogP contribution in [0.5, 0.6) is 0 Å².